The van der Waals surface area contributed by atoms with Crippen LogP contribution >= 0.6 is 24.2 Å². The van der Waals surface area contributed by atoms with Gasteiger partial charge in [0, 0.05) is 24.5 Å². The molecule has 1 amide bonds. The zero-order valence-electron chi connectivity index (χ0n) is 10.8. The number of benzene rings is 1. The van der Waals surface area contributed by atoms with Gasteiger partial charge in [0.25, 0.3) is 0 Å². The number of hydrogen-bond acceptors (Lipinski definition) is 3. The Balaban J connectivity index is 0.00000133. The van der Waals surface area contributed by atoms with Gasteiger partial charge in [-0.2, -0.15) is 0 Å². The van der Waals surface area contributed by atoms with Crippen molar-refractivity contribution in [2.75, 3.05) is 26.2 Å². The third-order valence-electron chi connectivity index (χ3n) is 3.57. The lowest BCUT2D eigenvalue weighted by atomic mass is 10.1. The number of thioether (sulfide) groups is 1. The number of carbonyl (C=O) groups excluding carboxylic acids is 1. The van der Waals surface area contributed by atoms with E-state index in [9.17, 15) is 4.79 Å². The van der Waals surface area contributed by atoms with Crippen molar-refractivity contribution >= 4 is 30.1 Å². The maximum atomic E-state index is 12.5. The third kappa shape index (κ3) is 3.25. The van der Waals surface area contributed by atoms with Crippen molar-refractivity contribution in [3.8, 4) is 0 Å². The van der Waals surface area contributed by atoms with Gasteiger partial charge < -0.3 is 10.2 Å². The van der Waals surface area contributed by atoms with Crippen molar-refractivity contribution in [2.24, 2.45) is 0 Å². The number of nitrogens with zero attached hydrogens (tertiary/aromatic N) is 1. The average molecular weight is 299 g/mol. The molecular weight excluding hydrogens is 280 g/mol. The second-order valence-corrected chi connectivity index (χ2v) is 6.09. The number of rotatable bonds is 1. The first-order valence-corrected chi connectivity index (χ1v) is 7.46. The van der Waals surface area contributed by atoms with Crippen LogP contribution in [0.2, 0.25) is 0 Å². The minimum atomic E-state index is 0. The maximum Gasteiger partial charge on any atom is 0.236 e. The summed E-state index contributed by atoms with van der Waals surface area (Å²) in [6, 6.07) is 8.37. The number of amides is 1. The van der Waals surface area contributed by atoms with Gasteiger partial charge >= 0.3 is 0 Å². The molecular formula is C14H19ClN2OS. The second-order valence-electron chi connectivity index (χ2n) is 4.85. The number of nitrogens with one attached hydrogen (secondary N) is 1. The Kier molecular flexibility index (Phi) is 5.13. The third-order valence-corrected chi connectivity index (χ3v) is 4.88. The quantitative estimate of drug-likeness (QED) is 0.860. The number of fused-ring (bicyclic) bond motifs is 1. The average Bonchev–Trinajstić information content (AvgIpc) is 2.64. The van der Waals surface area contributed by atoms with Crippen molar-refractivity contribution in [1.82, 2.24) is 10.2 Å². The Hall–Kier alpha value is -0.710. The molecule has 2 aliphatic rings. The van der Waals surface area contributed by atoms with Gasteiger partial charge in [-0.1, -0.05) is 18.2 Å². The summed E-state index contributed by atoms with van der Waals surface area (Å²) in [4.78, 5) is 15.8. The molecule has 2 heterocycles. The largest absolute Gasteiger partial charge is 0.340 e. The summed E-state index contributed by atoms with van der Waals surface area (Å²) in [6.07, 6.45) is 1.96. The highest BCUT2D eigenvalue weighted by atomic mass is 35.5. The van der Waals surface area contributed by atoms with Crippen molar-refractivity contribution < 1.29 is 4.79 Å². The maximum absolute atomic E-state index is 12.5. The molecule has 0 aromatic heterocycles. The number of halogens is 1. The fraction of sp³-hybridized carbons (Fsp3) is 0.500. The van der Waals surface area contributed by atoms with Gasteiger partial charge in [-0.05, 0) is 31.0 Å². The highest BCUT2D eigenvalue weighted by molar-refractivity contribution is 8.01. The zero-order chi connectivity index (χ0) is 12.4. The van der Waals surface area contributed by atoms with Crippen LogP contribution in [0, 0.1) is 0 Å². The standard InChI is InChI=1S/C14H18N2OS.ClH/c17-14(16-8-3-6-15-7-9-16)13-10-11-4-1-2-5-12(11)18-13;/h1-2,4-5,13,15H,3,6-10H2;1H. The molecule has 1 saturated heterocycles. The normalized spacial score (nSPS) is 22.3. The van der Waals surface area contributed by atoms with Crippen LogP contribution in [0.25, 0.3) is 0 Å². The first-order valence-electron chi connectivity index (χ1n) is 6.58. The Labute approximate surface area is 124 Å². The molecule has 1 fully saturated rings. The van der Waals surface area contributed by atoms with Crippen LogP contribution in [0.5, 0.6) is 0 Å². The van der Waals surface area contributed by atoms with E-state index in [2.05, 4.69) is 29.6 Å². The summed E-state index contributed by atoms with van der Waals surface area (Å²) in [5.41, 5.74) is 1.33. The lowest BCUT2D eigenvalue weighted by Crippen LogP contribution is -2.39. The molecule has 0 spiro atoms. The minimum Gasteiger partial charge on any atom is -0.340 e. The van der Waals surface area contributed by atoms with E-state index in [1.165, 1.54) is 10.5 Å². The zero-order valence-corrected chi connectivity index (χ0v) is 12.4. The summed E-state index contributed by atoms with van der Waals surface area (Å²) >= 11 is 1.73. The smallest absolute Gasteiger partial charge is 0.236 e. The van der Waals surface area contributed by atoms with Gasteiger partial charge in [0.1, 0.15) is 0 Å². The predicted octanol–water partition coefficient (Wildman–Crippen LogP) is 1.95. The van der Waals surface area contributed by atoms with Crippen molar-refractivity contribution in [2.45, 2.75) is 23.0 Å². The first kappa shape index (κ1) is 14.7. The predicted molar refractivity (Wildman–Crippen MR) is 81.1 cm³/mol. The van der Waals surface area contributed by atoms with Crippen LogP contribution < -0.4 is 5.32 Å². The van der Waals surface area contributed by atoms with Crippen LogP contribution in [-0.4, -0.2) is 42.2 Å². The van der Waals surface area contributed by atoms with E-state index in [0.29, 0.717) is 5.91 Å². The van der Waals surface area contributed by atoms with E-state index in [1.54, 1.807) is 11.8 Å². The lowest BCUT2D eigenvalue weighted by Gasteiger charge is -2.23. The summed E-state index contributed by atoms with van der Waals surface area (Å²) in [5.74, 6) is 0.319. The molecule has 19 heavy (non-hydrogen) atoms. The van der Waals surface area contributed by atoms with Gasteiger partial charge in [0.05, 0.1) is 5.25 Å². The van der Waals surface area contributed by atoms with Gasteiger partial charge in [-0.25, -0.2) is 0 Å². The Morgan fingerprint density at radius 2 is 2.11 bits per heavy atom. The SMILES string of the molecule is Cl.O=C(C1Cc2ccccc2S1)N1CCCNCC1. The van der Waals surface area contributed by atoms with E-state index in [4.69, 9.17) is 0 Å². The van der Waals surface area contributed by atoms with E-state index >= 15 is 0 Å². The molecule has 5 heteroatoms. The molecule has 0 saturated carbocycles. The molecule has 3 rings (SSSR count). The molecule has 1 N–H and O–H groups in total. The van der Waals surface area contributed by atoms with Crippen molar-refractivity contribution in [3.63, 3.8) is 0 Å². The van der Waals surface area contributed by atoms with Crippen LogP contribution in [-0.2, 0) is 11.2 Å². The van der Waals surface area contributed by atoms with Gasteiger partial charge in [0.2, 0.25) is 5.91 Å². The summed E-state index contributed by atoms with van der Waals surface area (Å²) in [6.45, 7) is 3.71. The second kappa shape index (κ2) is 6.64. The molecule has 1 unspecified atom stereocenters. The molecule has 1 atom stereocenters. The van der Waals surface area contributed by atoms with Crippen molar-refractivity contribution in [3.05, 3.63) is 29.8 Å². The molecule has 0 radical (unpaired) electrons. The molecule has 1 aromatic carbocycles. The summed E-state index contributed by atoms with van der Waals surface area (Å²) in [5, 5.41) is 3.44. The molecule has 3 nitrogen and oxygen atoms in total. The van der Waals surface area contributed by atoms with E-state index in [1.807, 2.05) is 4.90 Å². The van der Waals surface area contributed by atoms with Crippen LogP contribution in [0.1, 0.15) is 12.0 Å². The van der Waals surface area contributed by atoms with Crippen LogP contribution in [0.4, 0.5) is 0 Å². The van der Waals surface area contributed by atoms with E-state index in [-0.39, 0.29) is 17.7 Å². The Bertz CT molecular complexity index is 422. The number of carbonyl (C=O) groups is 1. The Morgan fingerprint density at radius 3 is 2.95 bits per heavy atom. The minimum absolute atomic E-state index is 0. The summed E-state index contributed by atoms with van der Waals surface area (Å²) in [7, 11) is 0. The highest BCUT2D eigenvalue weighted by Gasteiger charge is 2.31. The van der Waals surface area contributed by atoms with Gasteiger partial charge in [-0.3, -0.25) is 4.79 Å². The lowest BCUT2D eigenvalue weighted by molar-refractivity contribution is -0.130. The molecule has 2 aliphatic heterocycles. The first-order chi connectivity index (χ1) is 8.84. The van der Waals surface area contributed by atoms with Crippen LogP contribution in [0.3, 0.4) is 0 Å². The van der Waals surface area contributed by atoms with E-state index < -0.39 is 0 Å². The van der Waals surface area contributed by atoms with Gasteiger partial charge in [-0.15, -0.1) is 24.2 Å². The molecule has 1 aromatic rings. The van der Waals surface area contributed by atoms with Crippen molar-refractivity contribution in [1.29, 1.82) is 0 Å². The fourth-order valence-electron chi connectivity index (χ4n) is 2.59. The molecule has 104 valence electrons. The van der Waals surface area contributed by atoms with Gasteiger partial charge in [0.15, 0.2) is 0 Å². The summed E-state index contributed by atoms with van der Waals surface area (Å²) < 4.78 is 0. The monoisotopic (exact) mass is 298 g/mol. The highest BCUT2D eigenvalue weighted by Crippen LogP contribution is 2.37. The topological polar surface area (TPSA) is 32.3 Å². The molecule has 0 bridgehead atoms. The Morgan fingerprint density at radius 1 is 1.26 bits per heavy atom. The fourth-order valence-corrected chi connectivity index (χ4v) is 3.87. The van der Waals surface area contributed by atoms with E-state index in [0.717, 1.165) is 39.0 Å². The van der Waals surface area contributed by atoms with Crippen LogP contribution in [0.15, 0.2) is 29.2 Å². The molecule has 0 aliphatic carbocycles. The number of hydrogen-bond donors (Lipinski definition) is 1.